The van der Waals surface area contributed by atoms with Crippen LogP contribution in [0.2, 0.25) is 0 Å². The highest BCUT2D eigenvalue weighted by Crippen LogP contribution is 2.34. The standard InChI is InChI=1S/C26H27N7O3S2/c1-3-36-26(35)22-23(27-18-7-9-20(10-8-18)33-13-11-32(2)12-14-33)29-25(38-22)17-5-4-6-19(15-17)28-24(34)21-16-37-31-30-21/h4-10,15-16,27H,3,11-14H2,1-2H3,(H,28,34). The van der Waals surface area contributed by atoms with Gasteiger partial charge in [0, 0.05) is 54.2 Å². The number of benzene rings is 2. The van der Waals surface area contributed by atoms with E-state index in [1.165, 1.54) is 17.0 Å². The van der Waals surface area contributed by atoms with Crippen LogP contribution >= 0.6 is 22.9 Å². The van der Waals surface area contributed by atoms with Gasteiger partial charge in [-0.1, -0.05) is 16.6 Å². The van der Waals surface area contributed by atoms with E-state index >= 15 is 0 Å². The fraction of sp³-hybridized carbons (Fsp3) is 0.269. The molecule has 3 heterocycles. The van der Waals surface area contributed by atoms with E-state index in [9.17, 15) is 9.59 Å². The van der Waals surface area contributed by atoms with E-state index < -0.39 is 5.97 Å². The number of thiazole rings is 1. The lowest BCUT2D eigenvalue weighted by atomic mass is 10.2. The lowest BCUT2D eigenvalue weighted by molar-refractivity contribution is 0.0533. The number of ether oxygens (including phenoxy) is 1. The Morgan fingerprint density at radius 1 is 1.05 bits per heavy atom. The summed E-state index contributed by atoms with van der Waals surface area (Å²) in [5, 5.41) is 12.1. The fourth-order valence-corrected chi connectivity index (χ4v) is 5.36. The molecule has 12 heteroatoms. The number of aromatic nitrogens is 3. The van der Waals surface area contributed by atoms with Crippen LogP contribution in [0, 0.1) is 0 Å². The smallest absolute Gasteiger partial charge is 0.352 e. The molecule has 1 amide bonds. The minimum Gasteiger partial charge on any atom is -0.462 e. The van der Waals surface area contributed by atoms with Crippen molar-refractivity contribution < 1.29 is 14.3 Å². The van der Waals surface area contributed by atoms with E-state index in [1.54, 1.807) is 24.4 Å². The van der Waals surface area contributed by atoms with Gasteiger partial charge in [0.1, 0.15) is 5.01 Å². The summed E-state index contributed by atoms with van der Waals surface area (Å²) >= 11 is 2.35. The number of carbonyl (C=O) groups excluding carboxylic acids is 2. The molecule has 0 aliphatic carbocycles. The molecule has 10 nitrogen and oxygen atoms in total. The normalized spacial score (nSPS) is 13.8. The molecule has 0 spiro atoms. The summed E-state index contributed by atoms with van der Waals surface area (Å²) in [6.07, 6.45) is 0. The Morgan fingerprint density at radius 2 is 1.84 bits per heavy atom. The van der Waals surface area contributed by atoms with Gasteiger partial charge >= 0.3 is 5.97 Å². The van der Waals surface area contributed by atoms with Crippen LogP contribution in [0.3, 0.4) is 0 Å². The number of hydrogen-bond donors (Lipinski definition) is 2. The lowest BCUT2D eigenvalue weighted by Crippen LogP contribution is -2.44. The molecule has 1 fully saturated rings. The van der Waals surface area contributed by atoms with E-state index in [4.69, 9.17) is 9.72 Å². The Morgan fingerprint density at radius 3 is 2.55 bits per heavy atom. The number of hydrogen-bond acceptors (Lipinski definition) is 11. The number of nitrogens with zero attached hydrogens (tertiary/aromatic N) is 5. The SMILES string of the molecule is CCOC(=O)c1sc(-c2cccc(NC(=O)c3csnn3)c2)nc1Nc1ccc(N2CCN(C)CC2)cc1. The molecule has 5 rings (SSSR count). The Kier molecular flexibility index (Phi) is 7.91. The van der Waals surface area contributed by atoms with Gasteiger partial charge in [-0.2, -0.15) is 0 Å². The molecular formula is C26H27N7O3S2. The number of piperazine rings is 1. The van der Waals surface area contributed by atoms with Crippen LogP contribution in [0.1, 0.15) is 27.1 Å². The van der Waals surface area contributed by atoms with Crippen molar-refractivity contribution >= 4 is 57.6 Å². The molecule has 196 valence electrons. The third-order valence-electron chi connectivity index (χ3n) is 6.05. The summed E-state index contributed by atoms with van der Waals surface area (Å²) in [5.74, 6) is -0.350. The van der Waals surface area contributed by atoms with Crippen molar-refractivity contribution in [1.82, 2.24) is 19.5 Å². The highest BCUT2D eigenvalue weighted by Gasteiger charge is 2.21. The molecule has 1 saturated heterocycles. The van der Waals surface area contributed by atoms with Crippen molar-refractivity contribution in [3.05, 3.63) is 64.5 Å². The van der Waals surface area contributed by atoms with Crippen molar-refractivity contribution in [3.63, 3.8) is 0 Å². The molecule has 1 aliphatic rings. The third-order valence-corrected chi connectivity index (χ3v) is 7.64. The third kappa shape index (κ3) is 5.98. The molecular weight excluding hydrogens is 522 g/mol. The summed E-state index contributed by atoms with van der Waals surface area (Å²) in [6, 6.07) is 15.4. The molecule has 38 heavy (non-hydrogen) atoms. The zero-order chi connectivity index (χ0) is 26.5. The maximum absolute atomic E-state index is 12.8. The zero-order valence-corrected chi connectivity index (χ0v) is 22.6. The van der Waals surface area contributed by atoms with Gasteiger partial charge in [0.15, 0.2) is 16.4 Å². The molecule has 2 aromatic carbocycles. The van der Waals surface area contributed by atoms with Gasteiger partial charge in [-0.25, -0.2) is 9.78 Å². The van der Waals surface area contributed by atoms with Crippen LogP contribution < -0.4 is 15.5 Å². The first-order chi connectivity index (χ1) is 18.5. The molecule has 1 aliphatic heterocycles. The van der Waals surface area contributed by atoms with E-state index in [-0.39, 0.29) is 18.2 Å². The number of anilines is 4. The highest BCUT2D eigenvalue weighted by molar-refractivity contribution is 7.17. The first-order valence-electron chi connectivity index (χ1n) is 12.2. The molecule has 4 aromatic rings. The highest BCUT2D eigenvalue weighted by atomic mass is 32.1. The van der Waals surface area contributed by atoms with Crippen LogP contribution in [0.25, 0.3) is 10.6 Å². The fourth-order valence-electron chi connectivity index (χ4n) is 4.01. The van der Waals surface area contributed by atoms with E-state index in [1.807, 2.05) is 24.3 Å². The maximum atomic E-state index is 12.8. The summed E-state index contributed by atoms with van der Waals surface area (Å²) < 4.78 is 9.02. The van der Waals surface area contributed by atoms with Crippen LogP contribution in [-0.4, -0.2) is 71.2 Å². The predicted molar refractivity (Wildman–Crippen MR) is 151 cm³/mol. The molecule has 0 radical (unpaired) electrons. The second kappa shape index (κ2) is 11.7. The van der Waals surface area contributed by atoms with Crippen LogP contribution in [0.5, 0.6) is 0 Å². The maximum Gasteiger partial charge on any atom is 0.352 e. The van der Waals surface area contributed by atoms with Gasteiger partial charge in [0.25, 0.3) is 5.91 Å². The molecule has 2 aromatic heterocycles. The summed E-state index contributed by atoms with van der Waals surface area (Å²) in [6.45, 7) is 6.10. The van der Waals surface area contributed by atoms with Crippen LogP contribution in [0.4, 0.5) is 22.9 Å². The van der Waals surface area contributed by atoms with Gasteiger partial charge in [0.05, 0.1) is 6.61 Å². The average Bonchev–Trinajstić information content (AvgIpc) is 3.61. The number of carbonyl (C=O) groups is 2. The summed E-state index contributed by atoms with van der Waals surface area (Å²) in [7, 11) is 2.14. The average molecular weight is 550 g/mol. The molecule has 0 bridgehead atoms. The Labute approximate surface area is 228 Å². The van der Waals surface area contributed by atoms with Crippen molar-refractivity contribution in [1.29, 1.82) is 0 Å². The molecule has 2 N–H and O–H groups in total. The van der Waals surface area contributed by atoms with Crippen molar-refractivity contribution in [2.24, 2.45) is 0 Å². The van der Waals surface area contributed by atoms with Crippen molar-refractivity contribution in [3.8, 4) is 10.6 Å². The Hall–Kier alpha value is -3.87. The van der Waals surface area contributed by atoms with Crippen LogP contribution in [0.15, 0.2) is 53.9 Å². The topological polar surface area (TPSA) is 113 Å². The number of rotatable bonds is 8. The first kappa shape index (κ1) is 25.8. The van der Waals surface area contributed by atoms with Gasteiger partial charge < -0.3 is 25.2 Å². The Bertz CT molecular complexity index is 1400. The minimum absolute atomic E-state index is 0.254. The van der Waals surface area contributed by atoms with E-state index in [0.29, 0.717) is 21.4 Å². The molecule has 0 saturated carbocycles. The molecule has 0 unspecified atom stereocenters. The molecule has 0 atom stereocenters. The first-order valence-corrected chi connectivity index (χ1v) is 13.8. The predicted octanol–water partition coefficient (Wildman–Crippen LogP) is 4.59. The number of amides is 1. The lowest BCUT2D eigenvalue weighted by Gasteiger charge is -2.34. The number of esters is 1. The zero-order valence-electron chi connectivity index (χ0n) is 21.0. The Balaban J connectivity index is 1.36. The largest absolute Gasteiger partial charge is 0.462 e. The second-order valence-electron chi connectivity index (χ2n) is 8.70. The van der Waals surface area contributed by atoms with Crippen molar-refractivity contribution in [2.45, 2.75) is 6.92 Å². The van der Waals surface area contributed by atoms with Crippen LogP contribution in [-0.2, 0) is 4.74 Å². The number of likely N-dealkylation sites (N-methyl/N-ethyl adjacent to an activating group) is 1. The minimum atomic E-state index is -0.437. The van der Waals surface area contributed by atoms with Gasteiger partial charge in [-0.15, -0.1) is 16.4 Å². The van der Waals surface area contributed by atoms with Gasteiger partial charge in [0.2, 0.25) is 0 Å². The van der Waals surface area contributed by atoms with E-state index in [0.717, 1.165) is 49.0 Å². The summed E-state index contributed by atoms with van der Waals surface area (Å²) in [4.78, 5) is 34.9. The second-order valence-corrected chi connectivity index (χ2v) is 10.3. The van der Waals surface area contributed by atoms with E-state index in [2.05, 4.69) is 49.2 Å². The van der Waals surface area contributed by atoms with Crippen molar-refractivity contribution in [2.75, 3.05) is 55.4 Å². The summed E-state index contributed by atoms with van der Waals surface area (Å²) in [5.41, 5.74) is 3.59. The monoisotopic (exact) mass is 549 g/mol. The quantitative estimate of drug-likeness (QED) is 0.305. The van der Waals surface area contributed by atoms with Gasteiger partial charge in [-0.3, -0.25) is 4.79 Å². The van der Waals surface area contributed by atoms with Gasteiger partial charge in [-0.05, 0) is 61.9 Å². The number of nitrogens with one attached hydrogen (secondary N) is 2.